The lowest BCUT2D eigenvalue weighted by molar-refractivity contribution is -0.525. The molecule has 1 atom stereocenters. The standard InChI is InChI=1S/C7H6O3.C6H13N5O4/c8-6-4-2-1-3-5(6)7(9)10;7-4(5(12)13)2-1-3-9-6(8)10-11(14)15/h1-4,8H,(H,9,10);4H,1-3,7H2,(H,12,13)(H3,8,9,10)/t;4-/m.0/s1. The lowest BCUT2D eigenvalue weighted by Crippen LogP contribution is -2.36. The van der Waals surface area contributed by atoms with E-state index in [0.29, 0.717) is 6.42 Å². The summed E-state index contributed by atoms with van der Waals surface area (Å²) in [5, 5.41) is 34.8. The largest absolute Gasteiger partial charge is 0.507 e. The highest BCUT2D eigenvalue weighted by atomic mass is 16.7. The molecule has 0 aromatic heterocycles. The Kier molecular flexibility index (Phi) is 9.65. The molecule has 0 radical (unpaired) electrons. The van der Waals surface area contributed by atoms with Crippen molar-refractivity contribution in [2.45, 2.75) is 18.9 Å². The molecule has 1 aromatic rings. The molecule has 0 fully saturated rings. The predicted molar refractivity (Wildman–Crippen MR) is 86.5 cm³/mol. The molecular formula is C13H19N5O7. The fraction of sp³-hybridized carbons (Fsp3) is 0.308. The minimum atomic E-state index is -1.11. The van der Waals surface area contributed by atoms with Crippen molar-refractivity contribution in [1.29, 1.82) is 0 Å². The number of guanidine groups is 1. The van der Waals surface area contributed by atoms with Crippen LogP contribution in [0.25, 0.3) is 0 Å². The highest BCUT2D eigenvalue weighted by Gasteiger charge is 2.10. The Morgan fingerprint density at radius 2 is 1.92 bits per heavy atom. The van der Waals surface area contributed by atoms with Crippen LogP contribution in [0.5, 0.6) is 5.75 Å². The third kappa shape index (κ3) is 10.1. The summed E-state index contributed by atoms with van der Waals surface area (Å²) < 4.78 is 0. The molecule has 12 nitrogen and oxygen atoms in total. The number of aromatic carboxylic acids is 1. The second-order valence-electron chi connectivity index (χ2n) is 4.55. The minimum Gasteiger partial charge on any atom is -0.507 e. The van der Waals surface area contributed by atoms with E-state index in [4.69, 9.17) is 26.8 Å². The van der Waals surface area contributed by atoms with Crippen LogP contribution >= 0.6 is 0 Å². The number of nitrogens with two attached hydrogens (primary N) is 2. The van der Waals surface area contributed by atoms with Crippen LogP contribution < -0.4 is 16.9 Å². The number of hydrogen-bond donors (Lipinski definition) is 6. The molecule has 0 aliphatic heterocycles. The van der Waals surface area contributed by atoms with Gasteiger partial charge in [0.25, 0.3) is 5.96 Å². The number of aromatic hydroxyl groups is 1. The molecule has 0 aliphatic rings. The van der Waals surface area contributed by atoms with Crippen molar-refractivity contribution in [3.8, 4) is 5.75 Å². The van der Waals surface area contributed by atoms with Crippen LogP contribution in [-0.4, -0.2) is 50.8 Å². The van der Waals surface area contributed by atoms with Gasteiger partial charge in [-0.1, -0.05) is 17.6 Å². The first-order valence-corrected chi connectivity index (χ1v) is 6.85. The third-order valence-electron chi connectivity index (χ3n) is 2.61. The molecule has 8 N–H and O–H groups in total. The molecule has 0 heterocycles. The van der Waals surface area contributed by atoms with Gasteiger partial charge in [0.1, 0.15) is 17.4 Å². The molecule has 0 amide bonds. The van der Waals surface area contributed by atoms with Crippen molar-refractivity contribution in [3.05, 3.63) is 39.9 Å². The number of rotatable bonds is 7. The Labute approximate surface area is 141 Å². The fourth-order valence-corrected chi connectivity index (χ4v) is 1.42. The summed E-state index contributed by atoms with van der Waals surface area (Å²) in [5.74, 6) is -2.72. The Morgan fingerprint density at radius 3 is 2.36 bits per heavy atom. The summed E-state index contributed by atoms with van der Waals surface area (Å²) in [5.41, 5.74) is 11.9. The number of phenols is 1. The molecule has 0 aliphatic carbocycles. The molecule has 0 spiro atoms. The first kappa shape index (κ1) is 21.6. The molecule has 1 aromatic carbocycles. The van der Waals surface area contributed by atoms with Gasteiger partial charge in [-0.2, -0.15) is 0 Å². The fourth-order valence-electron chi connectivity index (χ4n) is 1.42. The third-order valence-corrected chi connectivity index (χ3v) is 2.61. The molecule has 0 saturated heterocycles. The molecule has 138 valence electrons. The van der Waals surface area contributed by atoms with Crippen molar-refractivity contribution < 1.29 is 29.9 Å². The zero-order chi connectivity index (χ0) is 19.4. The Morgan fingerprint density at radius 1 is 1.32 bits per heavy atom. The van der Waals surface area contributed by atoms with Crippen molar-refractivity contribution in [2.75, 3.05) is 6.54 Å². The van der Waals surface area contributed by atoms with Gasteiger partial charge in [-0.3, -0.25) is 4.79 Å². The van der Waals surface area contributed by atoms with Crippen molar-refractivity contribution in [3.63, 3.8) is 0 Å². The van der Waals surface area contributed by atoms with E-state index in [1.165, 1.54) is 12.1 Å². The van der Waals surface area contributed by atoms with Gasteiger partial charge < -0.3 is 26.8 Å². The van der Waals surface area contributed by atoms with E-state index in [9.17, 15) is 19.7 Å². The van der Waals surface area contributed by atoms with E-state index in [1.807, 2.05) is 0 Å². The van der Waals surface area contributed by atoms with Crippen LogP contribution in [0.4, 0.5) is 0 Å². The van der Waals surface area contributed by atoms with E-state index in [0.717, 1.165) is 0 Å². The lowest BCUT2D eigenvalue weighted by Gasteiger charge is -2.03. The average Bonchev–Trinajstić information content (AvgIpc) is 2.51. The van der Waals surface area contributed by atoms with Crippen LogP contribution in [0.1, 0.15) is 23.2 Å². The quantitative estimate of drug-likeness (QED) is 0.119. The second-order valence-corrected chi connectivity index (χ2v) is 4.55. The zero-order valence-electron chi connectivity index (χ0n) is 13.0. The molecule has 0 unspecified atom stereocenters. The normalized spacial score (nSPS) is 11.6. The molecule has 1 rings (SSSR count). The second kappa shape index (κ2) is 11.2. The summed E-state index contributed by atoms with van der Waals surface area (Å²) in [7, 11) is 0. The van der Waals surface area contributed by atoms with Gasteiger partial charge in [0.2, 0.25) is 0 Å². The summed E-state index contributed by atoms with van der Waals surface area (Å²) in [6, 6.07) is 4.87. The number of nitrogens with zero attached hydrogens (tertiary/aromatic N) is 2. The number of benzene rings is 1. The lowest BCUT2D eigenvalue weighted by atomic mass is 10.2. The minimum absolute atomic E-state index is 0.0671. The Balaban J connectivity index is 0.000000496. The summed E-state index contributed by atoms with van der Waals surface area (Å²) in [4.78, 5) is 34.0. The number of para-hydroxylation sites is 1. The van der Waals surface area contributed by atoms with Gasteiger partial charge in [-0.05, 0) is 25.0 Å². The zero-order valence-corrected chi connectivity index (χ0v) is 13.0. The summed E-state index contributed by atoms with van der Waals surface area (Å²) >= 11 is 0. The highest BCUT2D eigenvalue weighted by Crippen LogP contribution is 2.14. The summed E-state index contributed by atoms with van der Waals surface area (Å²) in [6.45, 7) is 0.188. The molecule has 25 heavy (non-hydrogen) atoms. The average molecular weight is 357 g/mol. The number of nitrogens with one attached hydrogen (secondary N) is 1. The van der Waals surface area contributed by atoms with Crippen molar-refractivity contribution >= 4 is 17.9 Å². The molecule has 12 heteroatoms. The maximum Gasteiger partial charge on any atom is 0.339 e. The van der Waals surface area contributed by atoms with E-state index in [-0.39, 0.29) is 30.2 Å². The van der Waals surface area contributed by atoms with Crippen molar-refractivity contribution in [2.24, 2.45) is 16.5 Å². The maximum absolute atomic E-state index is 10.3. The van der Waals surface area contributed by atoms with E-state index in [1.54, 1.807) is 17.6 Å². The molecular weight excluding hydrogens is 338 g/mol. The van der Waals surface area contributed by atoms with Gasteiger partial charge in [0.15, 0.2) is 5.03 Å². The van der Waals surface area contributed by atoms with Gasteiger partial charge in [0.05, 0.1) is 0 Å². The highest BCUT2D eigenvalue weighted by molar-refractivity contribution is 5.90. The van der Waals surface area contributed by atoms with Gasteiger partial charge >= 0.3 is 11.9 Å². The number of aliphatic imine (C=N–C) groups is 1. The number of carbonyl (C=O) groups is 2. The van der Waals surface area contributed by atoms with Crippen LogP contribution in [-0.2, 0) is 4.79 Å². The first-order chi connectivity index (χ1) is 11.6. The van der Waals surface area contributed by atoms with Crippen LogP contribution in [0.3, 0.4) is 0 Å². The Bertz CT molecular complexity index is 635. The van der Waals surface area contributed by atoms with Crippen molar-refractivity contribution in [1.82, 2.24) is 5.43 Å². The van der Waals surface area contributed by atoms with Gasteiger partial charge in [-0.25, -0.2) is 19.9 Å². The SMILES string of the molecule is NC(=NCCC[C@H](N)C(=O)O)N[N+](=O)[O-].O=C(O)c1ccccc1O. The topological polar surface area (TPSA) is 214 Å². The molecule has 0 saturated carbocycles. The maximum atomic E-state index is 10.3. The molecule has 0 bridgehead atoms. The smallest absolute Gasteiger partial charge is 0.339 e. The van der Waals surface area contributed by atoms with E-state index >= 15 is 0 Å². The van der Waals surface area contributed by atoms with Gasteiger partial charge in [-0.15, -0.1) is 0 Å². The number of carboxylic acids is 2. The van der Waals surface area contributed by atoms with E-state index < -0.39 is 23.0 Å². The summed E-state index contributed by atoms with van der Waals surface area (Å²) in [6.07, 6.45) is 0.637. The van der Waals surface area contributed by atoms with Crippen LogP contribution in [0.15, 0.2) is 29.3 Å². The van der Waals surface area contributed by atoms with Crippen LogP contribution in [0, 0.1) is 10.1 Å². The predicted octanol–water partition coefficient (Wildman–Crippen LogP) is -0.635. The number of hydrazine groups is 1. The first-order valence-electron chi connectivity index (χ1n) is 6.85. The number of carboxylic acid groups (broad SMARTS) is 2. The van der Waals surface area contributed by atoms with Crippen LogP contribution in [0.2, 0.25) is 0 Å². The number of aliphatic carboxylic acids is 1. The van der Waals surface area contributed by atoms with E-state index in [2.05, 4.69) is 4.99 Å². The number of nitro groups is 1. The number of hydrogen-bond acceptors (Lipinski definition) is 7. The van der Waals surface area contributed by atoms with Gasteiger partial charge in [0, 0.05) is 6.54 Å². The monoisotopic (exact) mass is 357 g/mol. The Hall–Kier alpha value is -3.41.